The van der Waals surface area contributed by atoms with Crippen molar-refractivity contribution in [2.24, 2.45) is 0 Å². The van der Waals surface area contributed by atoms with E-state index in [1.807, 2.05) is 11.8 Å². The van der Waals surface area contributed by atoms with E-state index in [2.05, 4.69) is 79.8 Å². The zero-order valence-electron chi connectivity index (χ0n) is 13.3. The number of para-hydroxylation sites is 1. The van der Waals surface area contributed by atoms with Gasteiger partial charge in [-0.25, -0.2) is 0 Å². The number of benzene rings is 2. The van der Waals surface area contributed by atoms with Gasteiger partial charge in [0, 0.05) is 17.0 Å². The molecule has 114 valence electrons. The lowest BCUT2D eigenvalue weighted by atomic mass is 9.91. The van der Waals surface area contributed by atoms with Crippen LogP contribution in [0.3, 0.4) is 0 Å². The van der Waals surface area contributed by atoms with Gasteiger partial charge in [0.25, 0.3) is 0 Å². The van der Waals surface area contributed by atoms with Crippen LogP contribution in [0.2, 0.25) is 0 Å². The van der Waals surface area contributed by atoms with E-state index >= 15 is 0 Å². The lowest BCUT2D eigenvalue weighted by Crippen LogP contribution is -2.32. The Balaban J connectivity index is 1.62. The quantitative estimate of drug-likeness (QED) is 0.757. The molecule has 1 aliphatic heterocycles. The lowest BCUT2D eigenvalue weighted by molar-refractivity contribution is 0.707. The highest BCUT2D eigenvalue weighted by molar-refractivity contribution is 7.99. The van der Waals surface area contributed by atoms with Crippen molar-refractivity contribution < 1.29 is 0 Å². The third-order valence-corrected chi connectivity index (χ3v) is 4.91. The first-order valence-corrected chi connectivity index (χ1v) is 9.00. The van der Waals surface area contributed by atoms with Crippen molar-refractivity contribution in [2.75, 3.05) is 16.8 Å². The largest absolute Gasteiger partial charge is 0.376 e. The molecule has 0 unspecified atom stereocenters. The Morgan fingerprint density at radius 1 is 0.955 bits per heavy atom. The summed E-state index contributed by atoms with van der Waals surface area (Å²) in [7, 11) is 0. The normalized spacial score (nSPS) is 15.6. The first kappa shape index (κ1) is 15.2. The molecule has 0 radical (unpaired) electrons. The van der Waals surface area contributed by atoms with Gasteiger partial charge in [-0.1, -0.05) is 54.6 Å². The number of hydrogen-bond donors (Lipinski definition) is 1. The number of thioether (sulfide) groups is 1. The minimum atomic E-state index is 0.0314. The Kier molecular flexibility index (Phi) is 4.58. The third-order valence-electron chi connectivity index (χ3n) is 3.90. The maximum Gasteiger partial charge on any atom is 0.0506 e. The predicted octanol–water partition coefficient (Wildman–Crippen LogP) is 5.25. The maximum atomic E-state index is 3.60. The molecule has 3 rings (SSSR count). The molecule has 0 fully saturated rings. The molecule has 0 aromatic heterocycles. The number of hydrogen-bond acceptors (Lipinski definition) is 2. The molecule has 0 amide bonds. The standard InChI is InChI=1S/C20H23NS/c1-20(2)14-17(18-10-6-7-11-19(18)21-20)15-22-13-12-16-8-4-3-5-9-16/h3-11,14,21H,12-13,15H2,1-2H3. The summed E-state index contributed by atoms with van der Waals surface area (Å²) in [5.41, 5.74) is 5.53. The minimum Gasteiger partial charge on any atom is -0.376 e. The summed E-state index contributed by atoms with van der Waals surface area (Å²) in [6.45, 7) is 4.47. The highest BCUT2D eigenvalue weighted by atomic mass is 32.2. The van der Waals surface area contributed by atoms with Gasteiger partial charge >= 0.3 is 0 Å². The molecule has 0 aliphatic carbocycles. The molecule has 1 nitrogen and oxygen atoms in total. The molecule has 1 heterocycles. The number of nitrogens with one attached hydrogen (secondary N) is 1. The van der Waals surface area contributed by atoms with Crippen LogP contribution in [-0.4, -0.2) is 17.0 Å². The van der Waals surface area contributed by atoms with Crippen LogP contribution in [0.4, 0.5) is 5.69 Å². The molecule has 2 heteroatoms. The van der Waals surface area contributed by atoms with Crippen LogP contribution < -0.4 is 5.32 Å². The van der Waals surface area contributed by atoms with Crippen molar-refractivity contribution in [3.05, 3.63) is 71.8 Å². The van der Waals surface area contributed by atoms with Crippen LogP contribution >= 0.6 is 11.8 Å². The number of anilines is 1. The van der Waals surface area contributed by atoms with Crippen LogP contribution in [-0.2, 0) is 6.42 Å². The summed E-state index contributed by atoms with van der Waals surface area (Å²) >= 11 is 2.02. The van der Waals surface area contributed by atoms with Gasteiger partial charge in [-0.2, -0.15) is 11.8 Å². The molecule has 22 heavy (non-hydrogen) atoms. The molecule has 0 saturated carbocycles. The topological polar surface area (TPSA) is 12.0 Å². The van der Waals surface area contributed by atoms with Crippen molar-refractivity contribution in [3.63, 3.8) is 0 Å². The summed E-state index contributed by atoms with van der Waals surface area (Å²) in [4.78, 5) is 0. The van der Waals surface area contributed by atoms with Crippen LogP contribution in [0, 0.1) is 0 Å². The number of aryl methyl sites for hydroxylation is 1. The Hall–Kier alpha value is -1.67. The van der Waals surface area contributed by atoms with Crippen molar-refractivity contribution in [1.29, 1.82) is 0 Å². The monoisotopic (exact) mass is 309 g/mol. The summed E-state index contributed by atoms with van der Waals surface area (Å²) in [6, 6.07) is 19.4. The first-order valence-electron chi connectivity index (χ1n) is 7.85. The average Bonchev–Trinajstić information content (AvgIpc) is 2.51. The van der Waals surface area contributed by atoms with E-state index in [0.29, 0.717) is 0 Å². The van der Waals surface area contributed by atoms with Crippen molar-refractivity contribution in [3.8, 4) is 0 Å². The third kappa shape index (κ3) is 3.75. The molecule has 1 N–H and O–H groups in total. The molecule has 1 aliphatic rings. The Bertz CT molecular complexity index is 658. The van der Waals surface area contributed by atoms with Gasteiger partial charge in [0.15, 0.2) is 0 Å². The smallest absolute Gasteiger partial charge is 0.0506 e. The van der Waals surface area contributed by atoms with Gasteiger partial charge in [-0.15, -0.1) is 0 Å². The Morgan fingerprint density at radius 3 is 2.50 bits per heavy atom. The van der Waals surface area contributed by atoms with Crippen LogP contribution in [0.15, 0.2) is 60.7 Å². The Labute approximate surface area is 137 Å². The fraction of sp³-hybridized carbons (Fsp3) is 0.300. The lowest BCUT2D eigenvalue weighted by Gasteiger charge is -2.32. The second kappa shape index (κ2) is 6.62. The van der Waals surface area contributed by atoms with Gasteiger partial charge < -0.3 is 5.32 Å². The fourth-order valence-electron chi connectivity index (χ4n) is 2.90. The molecule has 2 aromatic carbocycles. The first-order chi connectivity index (χ1) is 10.6. The molecule has 0 atom stereocenters. The van der Waals surface area contributed by atoms with E-state index in [1.165, 1.54) is 22.4 Å². The maximum absolute atomic E-state index is 3.60. The fourth-order valence-corrected chi connectivity index (χ4v) is 3.89. The van der Waals surface area contributed by atoms with Crippen molar-refractivity contribution >= 4 is 23.0 Å². The average molecular weight is 309 g/mol. The summed E-state index contributed by atoms with van der Waals surface area (Å²) in [5.74, 6) is 2.24. The van der Waals surface area contributed by atoms with Crippen molar-refractivity contribution in [2.45, 2.75) is 25.8 Å². The molecule has 2 aromatic rings. The summed E-state index contributed by atoms with van der Waals surface area (Å²) in [6.07, 6.45) is 3.52. The molecule has 0 bridgehead atoms. The van der Waals surface area contributed by atoms with Crippen LogP contribution in [0.25, 0.3) is 5.57 Å². The second-order valence-corrected chi connectivity index (χ2v) is 7.46. The summed E-state index contributed by atoms with van der Waals surface area (Å²) < 4.78 is 0. The highest BCUT2D eigenvalue weighted by Gasteiger charge is 2.23. The van der Waals surface area contributed by atoms with E-state index in [9.17, 15) is 0 Å². The van der Waals surface area contributed by atoms with Gasteiger partial charge in [0.2, 0.25) is 0 Å². The van der Waals surface area contributed by atoms with E-state index in [0.717, 1.165) is 17.9 Å². The summed E-state index contributed by atoms with van der Waals surface area (Å²) in [5, 5.41) is 3.60. The predicted molar refractivity (Wildman–Crippen MR) is 99.6 cm³/mol. The van der Waals surface area contributed by atoms with Gasteiger partial charge in [-0.3, -0.25) is 0 Å². The SMILES string of the molecule is CC1(C)C=C(CSCCc2ccccc2)c2ccccc2N1. The zero-order chi connectivity index (χ0) is 15.4. The number of fused-ring (bicyclic) bond motifs is 1. The van der Waals surface area contributed by atoms with Crippen LogP contribution in [0.1, 0.15) is 25.0 Å². The molecule has 0 spiro atoms. The zero-order valence-corrected chi connectivity index (χ0v) is 14.1. The van der Waals surface area contributed by atoms with E-state index in [4.69, 9.17) is 0 Å². The van der Waals surface area contributed by atoms with E-state index < -0.39 is 0 Å². The van der Waals surface area contributed by atoms with Gasteiger partial charge in [-0.05, 0) is 43.2 Å². The Morgan fingerprint density at radius 2 is 1.68 bits per heavy atom. The highest BCUT2D eigenvalue weighted by Crippen LogP contribution is 2.35. The van der Waals surface area contributed by atoms with Crippen LogP contribution in [0.5, 0.6) is 0 Å². The van der Waals surface area contributed by atoms with Crippen molar-refractivity contribution in [1.82, 2.24) is 0 Å². The van der Waals surface area contributed by atoms with E-state index in [1.54, 1.807) is 0 Å². The second-order valence-electron chi connectivity index (χ2n) is 6.35. The minimum absolute atomic E-state index is 0.0314. The molecular formula is C20H23NS. The van der Waals surface area contributed by atoms with E-state index in [-0.39, 0.29) is 5.54 Å². The molecule has 0 saturated heterocycles. The molecular weight excluding hydrogens is 286 g/mol. The van der Waals surface area contributed by atoms with Gasteiger partial charge in [0.05, 0.1) is 5.54 Å². The van der Waals surface area contributed by atoms with Gasteiger partial charge in [0.1, 0.15) is 0 Å². The number of rotatable bonds is 5.